The fourth-order valence-electron chi connectivity index (χ4n) is 3.42. The molecule has 0 radical (unpaired) electrons. The van der Waals surface area contributed by atoms with Crippen molar-refractivity contribution in [3.05, 3.63) is 35.9 Å². The summed E-state index contributed by atoms with van der Waals surface area (Å²) < 4.78 is 4.77. The largest absolute Gasteiger partial charge is 0.469 e. The number of nitrogens with one attached hydrogen (secondary N) is 2. The molecule has 2 rings (SSSR count). The maximum Gasteiger partial charge on any atom is 0.310 e. The van der Waals surface area contributed by atoms with Crippen LogP contribution < -0.4 is 10.6 Å². The molecule has 6 nitrogen and oxygen atoms in total. The molecule has 0 amide bonds. The minimum Gasteiger partial charge on any atom is -0.469 e. The number of carbonyl (C=O) groups excluding carboxylic acids is 1. The highest BCUT2D eigenvalue weighted by Gasteiger charge is 2.26. The van der Waals surface area contributed by atoms with E-state index in [4.69, 9.17) is 4.74 Å². The highest BCUT2D eigenvalue weighted by Crippen LogP contribution is 2.20. The van der Waals surface area contributed by atoms with Crippen LogP contribution >= 0.6 is 24.0 Å². The molecule has 158 valence electrons. The highest BCUT2D eigenvalue weighted by atomic mass is 127. The summed E-state index contributed by atoms with van der Waals surface area (Å²) in [6.07, 6.45) is 2.15. The van der Waals surface area contributed by atoms with Gasteiger partial charge in [0.1, 0.15) is 0 Å². The van der Waals surface area contributed by atoms with Crippen molar-refractivity contribution < 1.29 is 9.53 Å². The third-order valence-electron chi connectivity index (χ3n) is 5.05. The van der Waals surface area contributed by atoms with E-state index in [1.165, 1.54) is 12.7 Å². The van der Waals surface area contributed by atoms with Crippen molar-refractivity contribution in [1.29, 1.82) is 0 Å². The van der Waals surface area contributed by atoms with Gasteiger partial charge in [0.25, 0.3) is 0 Å². The number of nitrogens with zero attached hydrogens (tertiary/aromatic N) is 2. The molecule has 1 aliphatic rings. The van der Waals surface area contributed by atoms with Crippen LogP contribution in [0.15, 0.2) is 35.3 Å². The summed E-state index contributed by atoms with van der Waals surface area (Å²) in [7, 11) is 1.41. The number of likely N-dealkylation sites (tertiary alicyclic amines) is 1. The summed E-state index contributed by atoms with van der Waals surface area (Å²) >= 11 is 0. The molecule has 7 heteroatoms. The Morgan fingerprint density at radius 1 is 1.36 bits per heavy atom. The molecule has 0 saturated carbocycles. The molecule has 1 aliphatic heterocycles. The quantitative estimate of drug-likeness (QED) is 0.260. The number of carbonyl (C=O) groups is 1. The molecule has 3 unspecified atom stereocenters. The molecule has 0 bridgehead atoms. The normalized spacial score (nSPS) is 21.4. The maximum atomic E-state index is 11.6. The number of hydrogen-bond acceptors (Lipinski definition) is 4. The van der Waals surface area contributed by atoms with Crippen LogP contribution in [-0.2, 0) is 16.1 Å². The molecule has 0 spiro atoms. The predicted molar refractivity (Wildman–Crippen MR) is 125 cm³/mol. The number of piperidine rings is 1. The van der Waals surface area contributed by atoms with Crippen molar-refractivity contribution >= 4 is 35.9 Å². The Balaban J connectivity index is 0.00000392. The van der Waals surface area contributed by atoms with Gasteiger partial charge in [0.15, 0.2) is 5.96 Å². The van der Waals surface area contributed by atoms with Gasteiger partial charge < -0.3 is 15.4 Å². The van der Waals surface area contributed by atoms with Gasteiger partial charge in [-0.25, -0.2) is 0 Å². The number of guanidine groups is 1. The first-order valence-corrected chi connectivity index (χ1v) is 9.94. The zero-order valence-electron chi connectivity index (χ0n) is 17.5. The molecule has 0 aromatic heterocycles. The third kappa shape index (κ3) is 7.95. The zero-order valence-corrected chi connectivity index (χ0v) is 19.8. The summed E-state index contributed by atoms with van der Waals surface area (Å²) in [5.41, 5.74) is 1.36. The van der Waals surface area contributed by atoms with Crippen LogP contribution in [0.3, 0.4) is 0 Å². The highest BCUT2D eigenvalue weighted by molar-refractivity contribution is 14.0. The Kier molecular flexibility index (Phi) is 11.4. The second-order valence-electron chi connectivity index (χ2n) is 7.31. The minimum atomic E-state index is -0.239. The zero-order chi connectivity index (χ0) is 19.6. The summed E-state index contributed by atoms with van der Waals surface area (Å²) in [5, 5.41) is 6.83. The van der Waals surface area contributed by atoms with Gasteiger partial charge >= 0.3 is 5.97 Å². The van der Waals surface area contributed by atoms with Gasteiger partial charge in [0.05, 0.1) is 19.6 Å². The van der Waals surface area contributed by atoms with Gasteiger partial charge in [-0.2, -0.15) is 0 Å². The molecule has 0 aliphatic carbocycles. The number of rotatable bonds is 7. The summed E-state index contributed by atoms with van der Waals surface area (Å²) in [4.78, 5) is 18.7. The van der Waals surface area contributed by atoms with Gasteiger partial charge in [-0.05, 0) is 32.3 Å². The molecular formula is C21H35IN4O2. The SMILES string of the molecule is CCNC(=NCC(C)C(=O)OC)NC1CCN(Cc2ccccc2)C(C)C1.I. The Bertz CT molecular complexity index is 612. The Hall–Kier alpha value is -1.35. The number of ether oxygens (including phenoxy) is 1. The molecule has 1 fully saturated rings. The molecule has 2 N–H and O–H groups in total. The molecule has 1 saturated heterocycles. The van der Waals surface area contributed by atoms with Crippen molar-refractivity contribution in [2.75, 3.05) is 26.7 Å². The monoisotopic (exact) mass is 502 g/mol. The fraction of sp³-hybridized carbons (Fsp3) is 0.619. The standard InChI is InChI=1S/C21H34N4O2.HI/c1-5-22-21(23-14-16(2)20(26)27-4)24-19-11-12-25(17(3)13-19)15-18-9-7-6-8-10-18;/h6-10,16-17,19H,5,11-15H2,1-4H3,(H2,22,23,24);1H. The Morgan fingerprint density at radius 3 is 2.68 bits per heavy atom. The van der Waals surface area contributed by atoms with E-state index < -0.39 is 0 Å². The molecule has 1 aromatic rings. The maximum absolute atomic E-state index is 11.6. The first-order chi connectivity index (χ1) is 13.0. The van der Waals surface area contributed by atoms with Crippen LogP contribution in [-0.4, -0.2) is 55.7 Å². The van der Waals surface area contributed by atoms with Crippen molar-refractivity contribution in [1.82, 2.24) is 15.5 Å². The fourth-order valence-corrected chi connectivity index (χ4v) is 3.42. The van der Waals surface area contributed by atoms with E-state index in [1.54, 1.807) is 0 Å². The molecule has 28 heavy (non-hydrogen) atoms. The van der Waals surface area contributed by atoms with Gasteiger partial charge in [0, 0.05) is 31.7 Å². The Labute approximate surface area is 186 Å². The van der Waals surface area contributed by atoms with Gasteiger partial charge in [0.2, 0.25) is 0 Å². The average molecular weight is 502 g/mol. The number of hydrogen-bond donors (Lipinski definition) is 2. The van der Waals surface area contributed by atoms with Gasteiger partial charge in [-0.1, -0.05) is 37.3 Å². The lowest BCUT2D eigenvalue weighted by Gasteiger charge is -2.38. The van der Waals surface area contributed by atoms with E-state index in [0.717, 1.165) is 38.4 Å². The van der Waals surface area contributed by atoms with Crippen LogP contribution in [0.25, 0.3) is 0 Å². The average Bonchev–Trinajstić information content (AvgIpc) is 2.68. The van der Waals surface area contributed by atoms with Crippen molar-refractivity contribution in [3.8, 4) is 0 Å². The van der Waals surface area contributed by atoms with Crippen LogP contribution in [0.5, 0.6) is 0 Å². The number of esters is 1. The number of methoxy groups -OCH3 is 1. The smallest absolute Gasteiger partial charge is 0.310 e. The summed E-state index contributed by atoms with van der Waals surface area (Å²) in [6, 6.07) is 11.5. The lowest BCUT2D eigenvalue weighted by molar-refractivity contribution is -0.144. The first-order valence-electron chi connectivity index (χ1n) is 9.94. The minimum absolute atomic E-state index is 0. The first kappa shape index (κ1) is 24.7. The van der Waals surface area contributed by atoms with Crippen LogP contribution in [0, 0.1) is 5.92 Å². The molecule has 1 aromatic carbocycles. The van der Waals surface area contributed by atoms with E-state index in [0.29, 0.717) is 18.6 Å². The van der Waals surface area contributed by atoms with Crippen LogP contribution in [0.2, 0.25) is 0 Å². The van der Waals surface area contributed by atoms with Gasteiger partial charge in [-0.3, -0.25) is 14.7 Å². The second kappa shape index (κ2) is 13.0. The van der Waals surface area contributed by atoms with E-state index in [-0.39, 0.29) is 35.9 Å². The van der Waals surface area contributed by atoms with E-state index in [2.05, 4.69) is 57.8 Å². The lowest BCUT2D eigenvalue weighted by Crippen LogP contribution is -2.51. The molecule has 1 heterocycles. The molecule has 3 atom stereocenters. The lowest BCUT2D eigenvalue weighted by atomic mass is 9.97. The summed E-state index contributed by atoms with van der Waals surface area (Å²) in [6.45, 7) is 9.45. The predicted octanol–water partition coefficient (Wildman–Crippen LogP) is 3.02. The van der Waals surface area contributed by atoms with E-state index in [1.807, 2.05) is 13.8 Å². The third-order valence-corrected chi connectivity index (χ3v) is 5.05. The Morgan fingerprint density at radius 2 is 2.07 bits per heavy atom. The number of halogens is 1. The molecular weight excluding hydrogens is 467 g/mol. The van der Waals surface area contributed by atoms with Crippen molar-refractivity contribution in [2.45, 2.75) is 52.2 Å². The van der Waals surface area contributed by atoms with Crippen molar-refractivity contribution in [3.63, 3.8) is 0 Å². The topological polar surface area (TPSA) is 66.0 Å². The summed E-state index contributed by atoms with van der Waals surface area (Å²) in [5.74, 6) is 0.316. The van der Waals surface area contributed by atoms with Crippen LogP contribution in [0.4, 0.5) is 0 Å². The van der Waals surface area contributed by atoms with Gasteiger partial charge in [-0.15, -0.1) is 24.0 Å². The van der Waals surface area contributed by atoms with E-state index >= 15 is 0 Å². The van der Waals surface area contributed by atoms with Crippen LogP contribution in [0.1, 0.15) is 39.2 Å². The second-order valence-corrected chi connectivity index (χ2v) is 7.31. The number of benzene rings is 1. The van der Waals surface area contributed by atoms with E-state index in [9.17, 15) is 4.79 Å². The van der Waals surface area contributed by atoms with Crippen molar-refractivity contribution in [2.24, 2.45) is 10.9 Å². The number of aliphatic imine (C=N–C) groups is 1.